The number of methoxy groups -OCH3 is 1. The van der Waals surface area contributed by atoms with Crippen molar-refractivity contribution in [1.29, 1.82) is 0 Å². The molecule has 1 aromatic heterocycles. The summed E-state index contributed by atoms with van der Waals surface area (Å²) in [6.07, 6.45) is 13.7. The fourth-order valence-electron chi connectivity index (χ4n) is 5.22. The van der Waals surface area contributed by atoms with Crippen molar-refractivity contribution in [3.63, 3.8) is 0 Å². The Morgan fingerprint density at radius 1 is 1.17 bits per heavy atom. The van der Waals surface area contributed by atoms with E-state index in [4.69, 9.17) is 4.74 Å². The van der Waals surface area contributed by atoms with Crippen LogP contribution in [0.4, 0.5) is 0 Å². The third kappa shape index (κ3) is 3.05. The molecule has 1 N–H and O–H groups in total. The Morgan fingerprint density at radius 3 is 2.74 bits per heavy atom. The van der Waals surface area contributed by atoms with Crippen molar-refractivity contribution in [1.82, 2.24) is 20.1 Å². The van der Waals surface area contributed by atoms with Crippen LogP contribution in [0.5, 0.6) is 0 Å². The lowest BCUT2D eigenvalue weighted by Gasteiger charge is -2.44. The molecule has 2 fully saturated rings. The Morgan fingerprint density at radius 2 is 1.96 bits per heavy atom. The molecule has 0 bridgehead atoms. The lowest BCUT2D eigenvalue weighted by molar-refractivity contribution is 0.113. The normalized spacial score (nSPS) is 29.8. The maximum Gasteiger partial charge on any atom is 0.176 e. The Bertz CT molecular complexity index is 535. The highest BCUT2D eigenvalue weighted by atomic mass is 16.5. The minimum Gasteiger partial charge on any atom is -0.377 e. The number of aromatic nitrogens is 3. The van der Waals surface area contributed by atoms with E-state index < -0.39 is 0 Å². The van der Waals surface area contributed by atoms with Gasteiger partial charge >= 0.3 is 0 Å². The fraction of sp³-hybridized carbons (Fsp3) is 0.889. The van der Waals surface area contributed by atoms with Crippen molar-refractivity contribution in [2.24, 2.45) is 5.41 Å². The molecule has 128 valence electrons. The second-order valence-electron chi connectivity index (χ2n) is 7.83. The van der Waals surface area contributed by atoms with Gasteiger partial charge in [0, 0.05) is 25.6 Å². The largest absolute Gasteiger partial charge is 0.377 e. The van der Waals surface area contributed by atoms with Crippen molar-refractivity contribution in [2.45, 2.75) is 89.4 Å². The molecule has 0 aromatic carbocycles. The lowest BCUT2D eigenvalue weighted by atomic mass is 9.69. The maximum atomic E-state index is 5.16. The van der Waals surface area contributed by atoms with E-state index in [9.17, 15) is 0 Å². The number of nitrogens with zero attached hydrogens (tertiary/aromatic N) is 3. The fourth-order valence-corrected chi connectivity index (χ4v) is 5.22. The molecule has 1 aromatic rings. The molecule has 0 radical (unpaired) electrons. The summed E-state index contributed by atoms with van der Waals surface area (Å²) in [5, 5.41) is 8.67. The number of aryl methyl sites for hydroxylation is 1. The summed E-state index contributed by atoms with van der Waals surface area (Å²) in [6, 6.07) is 1.28. The first kappa shape index (κ1) is 15.6. The summed E-state index contributed by atoms with van der Waals surface area (Å²) in [7, 11) is 1.70. The van der Waals surface area contributed by atoms with Crippen LogP contribution < -0.4 is 5.32 Å². The third-order valence-electron chi connectivity index (χ3n) is 6.37. The zero-order chi connectivity index (χ0) is 15.7. The lowest BCUT2D eigenvalue weighted by Crippen LogP contribution is -2.52. The highest BCUT2D eigenvalue weighted by Crippen LogP contribution is 2.49. The molecule has 3 aliphatic rings. The topological polar surface area (TPSA) is 52.0 Å². The highest BCUT2D eigenvalue weighted by molar-refractivity contribution is 5.01. The molecule has 2 atom stereocenters. The van der Waals surface area contributed by atoms with Gasteiger partial charge in [-0.05, 0) is 37.5 Å². The van der Waals surface area contributed by atoms with Crippen molar-refractivity contribution in [2.75, 3.05) is 7.11 Å². The Hall–Kier alpha value is -0.940. The molecule has 2 aliphatic carbocycles. The van der Waals surface area contributed by atoms with E-state index in [0.29, 0.717) is 18.1 Å². The molecule has 23 heavy (non-hydrogen) atoms. The molecule has 1 aliphatic heterocycles. The van der Waals surface area contributed by atoms with Crippen LogP contribution in [0.15, 0.2) is 0 Å². The maximum absolute atomic E-state index is 5.16. The van der Waals surface area contributed by atoms with Crippen molar-refractivity contribution in [3.8, 4) is 0 Å². The first-order valence-corrected chi connectivity index (χ1v) is 9.47. The van der Waals surface area contributed by atoms with Gasteiger partial charge in [0.2, 0.25) is 0 Å². The zero-order valence-corrected chi connectivity index (χ0v) is 14.4. The second-order valence-corrected chi connectivity index (χ2v) is 7.83. The van der Waals surface area contributed by atoms with Crippen LogP contribution in [0, 0.1) is 5.41 Å². The van der Waals surface area contributed by atoms with E-state index in [1.54, 1.807) is 7.11 Å². The van der Waals surface area contributed by atoms with Gasteiger partial charge in [-0.15, -0.1) is 0 Å². The van der Waals surface area contributed by atoms with Gasteiger partial charge in [0.25, 0.3) is 0 Å². The number of hydrogen-bond acceptors (Lipinski definition) is 4. The minimum absolute atomic E-state index is 0.518. The van der Waals surface area contributed by atoms with E-state index in [-0.39, 0.29) is 0 Å². The van der Waals surface area contributed by atoms with E-state index in [1.807, 2.05) is 0 Å². The third-order valence-corrected chi connectivity index (χ3v) is 6.37. The average Bonchev–Trinajstić information content (AvgIpc) is 3.17. The van der Waals surface area contributed by atoms with Gasteiger partial charge in [0.1, 0.15) is 12.4 Å². The first-order chi connectivity index (χ1) is 11.3. The molecular weight excluding hydrogens is 288 g/mol. The zero-order valence-electron chi connectivity index (χ0n) is 14.4. The van der Waals surface area contributed by atoms with Crippen LogP contribution in [-0.2, 0) is 24.3 Å². The van der Waals surface area contributed by atoms with Crippen LogP contribution in [0.2, 0.25) is 0 Å². The number of hydrogen-bond donors (Lipinski definition) is 1. The Kier molecular flexibility index (Phi) is 4.41. The number of nitrogens with one attached hydrogen (secondary N) is 1. The second kappa shape index (κ2) is 6.52. The van der Waals surface area contributed by atoms with E-state index in [0.717, 1.165) is 30.7 Å². The molecule has 0 unspecified atom stereocenters. The predicted molar refractivity (Wildman–Crippen MR) is 89.1 cm³/mol. The van der Waals surface area contributed by atoms with Gasteiger partial charge in [-0.2, -0.15) is 5.10 Å². The van der Waals surface area contributed by atoms with Crippen molar-refractivity contribution < 1.29 is 4.74 Å². The van der Waals surface area contributed by atoms with Gasteiger partial charge < -0.3 is 10.1 Å². The monoisotopic (exact) mass is 318 g/mol. The minimum atomic E-state index is 0.518. The number of ether oxygens (including phenoxy) is 1. The van der Waals surface area contributed by atoms with Crippen LogP contribution in [0.25, 0.3) is 0 Å². The van der Waals surface area contributed by atoms with Crippen LogP contribution in [-0.4, -0.2) is 34.0 Å². The van der Waals surface area contributed by atoms with Gasteiger partial charge in [0.15, 0.2) is 5.82 Å². The molecule has 2 saturated carbocycles. The Balaban J connectivity index is 1.42. The molecule has 2 heterocycles. The van der Waals surface area contributed by atoms with E-state index >= 15 is 0 Å². The standard InChI is InChI=1S/C18H30N4O/c1-23-13-16-20-17-8-7-14(12-22(17)21-16)19-15-6-2-3-9-18(15)10-4-5-11-18/h14-15,19H,2-13H2,1H3/t14-,15+/m1/s1. The van der Waals surface area contributed by atoms with Gasteiger partial charge in [-0.3, -0.25) is 0 Å². The smallest absolute Gasteiger partial charge is 0.176 e. The van der Waals surface area contributed by atoms with E-state index in [2.05, 4.69) is 20.1 Å². The van der Waals surface area contributed by atoms with Crippen LogP contribution in [0.3, 0.4) is 0 Å². The van der Waals surface area contributed by atoms with Crippen molar-refractivity contribution in [3.05, 3.63) is 11.6 Å². The van der Waals surface area contributed by atoms with Gasteiger partial charge in [-0.1, -0.05) is 25.7 Å². The van der Waals surface area contributed by atoms with Gasteiger partial charge in [0.05, 0.1) is 6.54 Å². The van der Waals surface area contributed by atoms with E-state index in [1.165, 1.54) is 57.8 Å². The summed E-state index contributed by atoms with van der Waals surface area (Å²) >= 11 is 0. The molecule has 0 amide bonds. The summed E-state index contributed by atoms with van der Waals surface area (Å²) in [4.78, 5) is 4.59. The summed E-state index contributed by atoms with van der Waals surface area (Å²) < 4.78 is 7.27. The summed E-state index contributed by atoms with van der Waals surface area (Å²) in [5.74, 6) is 1.96. The van der Waals surface area contributed by atoms with Crippen LogP contribution >= 0.6 is 0 Å². The quantitative estimate of drug-likeness (QED) is 0.927. The molecular formula is C18H30N4O. The molecule has 1 spiro atoms. The summed E-state index contributed by atoms with van der Waals surface area (Å²) in [5.41, 5.74) is 0.613. The predicted octanol–water partition coefficient (Wildman–Crippen LogP) is 2.83. The highest BCUT2D eigenvalue weighted by Gasteiger charge is 2.43. The first-order valence-electron chi connectivity index (χ1n) is 9.47. The Labute approximate surface area is 139 Å². The van der Waals surface area contributed by atoms with Crippen LogP contribution in [0.1, 0.15) is 69.4 Å². The number of rotatable bonds is 4. The summed E-state index contributed by atoms with van der Waals surface area (Å²) in [6.45, 7) is 1.49. The SMILES string of the molecule is COCc1nc2n(n1)C[C@H](N[C@H]1CCCCC13CCCC3)CC2. The van der Waals surface area contributed by atoms with Gasteiger partial charge in [-0.25, -0.2) is 9.67 Å². The number of fused-ring (bicyclic) bond motifs is 1. The molecule has 5 heteroatoms. The molecule has 0 saturated heterocycles. The molecule has 4 rings (SSSR count). The van der Waals surface area contributed by atoms with Crippen molar-refractivity contribution >= 4 is 0 Å². The molecule has 5 nitrogen and oxygen atoms in total. The average molecular weight is 318 g/mol.